The van der Waals surface area contributed by atoms with Crippen LogP contribution in [0.25, 0.3) is 0 Å². The zero-order valence-corrected chi connectivity index (χ0v) is 9.74. The summed E-state index contributed by atoms with van der Waals surface area (Å²) in [5.74, 6) is 0.552. The Kier molecular flexibility index (Phi) is 3.36. The van der Waals surface area contributed by atoms with Gasteiger partial charge in [0, 0.05) is 11.8 Å². The molecular weight excluding hydrogens is 220 g/mol. The molecule has 5 heteroatoms. The lowest BCUT2D eigenvalue weighted by atomic mass is 10.2. The molecule has 82 valence electrons. The van der Waals surface area contributed by atoms with Crippen LogP contribution in [-0.4, -0.2) is 15.0 Å². The van der Waals surface area contributed by atoms with Gasteiger partial charge in [-0.3, -0.25) is 0 Å². The van der Waals surface area contributed by atoms with Crippen molar-refractivity contribution in [1.82, 2.24) is 15.0 Å². The Bertz CT molecular complexity index is 473. The zero-order chi connectivity index (χ0) is 11.4. The van der Waals surface area contributed by atoms with E-state index < -0.39 is 0 Å². The van der Waals surface area contributed by atoms with Gasteiger partial charge in [0.15, 0.2) is 0 Å². The number of rotatable bonds is 3. The monoisotopic (exact) mass is 232 g/mol. The molecule has 0 spiro atoms. The summed E-state index contributed by atoms with van der Waals surface area (Å²) in [6.45, 7) is 2.04. The largest absolute Gasteiger partial charge is 0.383 e. The van der Waals surface area contributed by atoms with Crippen LogP contribution in [0.4, 0.5) is 5.82 Å². The minimum absolute atomic E-state index is 0.552. The summed E-state index contributed by atoms with van der Waals surface area (Å²) in [5, 5.41) is 1.80. The average Bonchev–Trinajstić information content (AvgIpc) is 2.31. The Morgan fingerprint density at radius 1 is 1.25 bits per heavy atom. The van der Waals surface area contributed by atoms with Gasteiger partial charge in [-0.1, -0.05) is 13.0 Å². The van der Waals surface area contributed by atoms with Crippen LogP contribution >= 0.6 is 11.8 Å². The van der Waals surface area contributed by atoms with E-state index in [2.05, 4.69) is 15.0 Å². The van der Waals surface area contributed by atoms with E-state index >= 15 is 0 Å². The molecule has 0 saturated carbocycles. The van der Waals surface area contributed by atoms with Gasteiger partial charge in [-0.15, -0.1) is 0 Å². The average molecular weight is 232 g/mol. The second-order valence-electron chi connectivity index (χ2n) is 3.17. The lowest BCUT2D eigenvalue weighted by molar-refractivity contribution is 0.949. The van der Waals surface area contributed by atoms with Crippen LogP contribution in [0.15, 0.2) is 40.8 Å². The number of nitrogen functional groups attached to an aromatic ring is 1. The SMILES string of the molecule is CCc1c(N)ncnc1Sc1ccccn1. The standard InChI is InChI=1S/C11H12N4S/c1-2-8-10(12)14-7-15-11(8)16-9-5-3-4-6-13-9/h3-7H,2H2,1H3,(H2,12,14,15). The van der Waals surface area contributed by atoms with E-state index in [0.717, 1.165) is 22.0 Å². The highest BCUT2D eigenvalue weighted by atomic mass is 32.2. The van der Waals surface area contributed by atoms with Gasteiger partial charge in [0.05, 0.1) is 0 Å². The molecule has 0 aromatic carbocycles. The Hall–Kier alpha value is -1.62. The first kappa shape index (κ1) is 10.9. The quantitative estimate of drug-likeness (QED) is 0.821. The molecule has 0 atom stereocenters. The molecule has 0 radical (unpaired) electrons. The summed E-state index contributed by atoms with van der Waals surface area (Å²) < 4.78 is 0. The van der Waals surface area contributed by atoms with Crippen molar-refractivity contribution in [3.63, 3.8) is 0 Å². The van der Waals surface area contributed by atoms with Crippen molar-refractivity contribution in [2.75, 3.05) is 5.73 Å². The van der Waals surface area contributed by atoms with Gasteiger partial charge in [-0.2, -0.15) is 0 Å². The second kappa shape index (κ2) is 4.94. The number of nitrogens with zero attached hydrogens (tertiary/aromatic N) is 3. The van der Waals surface area contributed by atoms with Gasteiger partial charge >= 0.3 is 0 Å². The summed E-state index contributed by atoms with van der Waals surface area (Å²) in [5.41, 5.74) is 6.79. The van der Waals surface area contributed by atoms with Gasteiger partial charge in [0.2, 0.25) is 0 Å². The number of nitrogens with two attached hydrogens (primary N) is 1. The first-order valence-corrected chi connectivity index (χ1v) is 5.81. The van der Waals surface area contributed by atoms with E-state index in [1.54, 1.807) is 6.20 Å². The summed E-state index contributed by atoms with van der Waals surface area (Å²) in [6.07, 6.45) is 4.07. The van der Waals surface area contributed by atoms with Gasteiger partial charge < -0.3 is 5.73 Å². The highest BCUT2D eigenvalue weighted by Gasteiger charge is 2.08. The van der Waals surface area contributed by atoms with Crippen LogP contribution in [0.3, 0.4) is 0 Å². The Balaban J connectivity index is 2.31. The van der Waals surface area contributed by atoms with Gasteiger partial charge in [0.1, 0.15) is 22.2 Å². The topological polar surface area (TPSA) is 64.7 Å². The summed E-state index contributed by atoms with van der Waals surface area (Å²) in [7, 11) is 0. The van der Waals surface area contributed by atoms with Crippen LogP contribution in [0.5, 0.6) is 0 Å². The molecule has 2 aromatic heterocycles. The maximum Gasteiger partial charge on any atom is 0.131 e. The van der Waals surface area contributed by atoms with Gasteiger partial charge in [-0.25, -0.2) is 15.0 Å². The fraction of sp³-hybridized carbons (Fsp3) is 0.182. The lowest BCUT2D eigenvalue weighted by Gasteiger charge is -2.07. The molecule has 2 N–H and O–H groups in total. The van der Waals surface area contributed by atoms with Gasteiger partial charge in [-0.05, 0) is 30.3 Å². The molecule has 2 rings (SSSR count). The molecule has 4 nitrogen and oxygen atoms in total. The molecule has 2 heterocycles. The molecule has 0 amide bonds. The minimum atomic E-state index is 0.552. The van der Waals surface area contributed by atoms with Crippen LogP contribution in [0.1, 0.15) is 12.5 Å². The first-order valence-electron chi connectivity index (χ1n) is 4.99. The fourth-order valence-corrected chi connectivity index (χ4v) is 2.27. The molecule has 2 aromatic rings. The van der Waals surface area contributed by atoms with Crippen LogP contribution in [-0.2, 0) is 6.42 Å². The third-order valence-electron chi connectivity index (χ3n) is 2.13. The molecule has 0 fully saturated rings. The van der Waals surface area contributed by atoms with Crippen molar-refractivity contribution in [2.45, 2.75) is 23.4 Å². The fourth-order valence-electron chi connectivity index (χ4n) is 1.34. The number of pyridine rings is 1. The Morgan fingerprint density at radius 2 is 2.12 bits per heavy atom. The molecule has 0 bridgehead atoms. The lowest BCUT2D eigenvalue weighted by Crippen LogP contribution is -2.00. The maximum absolute atomic E-state index is 5.80. The number of anilines is 1. The smallest absolute Gasteiger partial charge is 0.131 e. The molecule has 0 aliphatic carbocycles. The predicted octanol–water partition coefficient (Wildman–Crippen LogP) is 2.17. The molecule has 0 aliphatic rings. The highest BCUT2D eigenvalue weighted by Crippen LogP contribution is 2.28. The highest BCUT2D eigenvalue weighted by molar-refractivity contribution is 7.99. The zero-order valence-electron chi connectivity index (χ0n) is 8.92. The van der Waals surface area contributed by atoms with E-state index in [1.807, 2.05) is 25.1 Å². The van der Waals surface area contributed by atoms with E-state index in [9.17, 15) is 0 Å². The normalized spacial score (nSPS) is 10.3. The molecule has 0 unspecified atom stereocenters. The maximum atomic E-state index is 5.80. The predicted molar refractivity (Wildman–Crippen MR) is 64.2 cm³/mol. The third-order valence-corrected chi connectivity index (χ3v) is 3.13. The van der Waals surface area contributed by atoms with Crippen molar-refractivity contribution in [3.8, 4) is 0 Å². The molecule has 16 heavy (non-hydrogen) atoms. The van der Waals surface area contributed by atoms with E-state index in [0.29, 0.717) is 5.82 Å². The third kappa shape index (κ3) is 2.30. The van der Waals surface area contributed by atoms with Crippen molar-refractivity contribution in [3.05, 3.63) is 36.3 Å². The van der Waals surface area contributed by atoms with Crippen LogP contribution < -0.4 is 5.73 Å². The van der Waals surface area contributed by atoms with Crippen LogP contribution in [0, 0.1) is 0 Å². The molecular formula is C11H12N4S. The summed E-state index contributed by atoms with van der Waals surface area (Å²) in [6, 6.07) is 5.78. The van der Waals surface area contributed by atoms with Crippen molar-refractivity contribution in [2.24, 2.45) is 0 Å². The van der Waals surface area contributed by atoms with Crippen molar-refractivity contribution in [1.29, 1.82) is 0 Å². The second-order valence-corrected chi connectivity index (χ2v) is 4.18. The minimum Gasteiger partial charge on any atom is -0.383 e. The van der Waals surface area contributed by atoms with Crippen LogP contribution in [0.2, 0.25) is 0 Å². The molecule has 0 saturated heterocycles. The summed E-state index contributed by atoms with van der Waals surface area (Å²) >= 11 is 1.51. The Morgan fingerprint density at radius 3 is 2.81 bits per heavy atom. The first-order chi connectivity index (χ1) is 7.81. The van der Waals surface area contributed by atoms with Gasteiger partial charge in [0.25, 0.3) is 0 Å². The van der Waals surface area contributed by atoms with Crippen molar-refractivity contribution < 1.29 is 0 Å². The number of hydrogen-bond donors (Lipinski definition) is 1. The van der Waals surface area contributed by atoms with E-state index in [-0.39, 0.29) is 0 Å². The van der Waals surface area contributed by atoms with Crippen molar-refractivity contribution >= 4 is 17.6 Å². The Labute approximate surface area is 98.3 Å². The number of aromatic nitrogens is 3. The molecule has 0 aliphatic heterocycles. The van der Waals surface area contributed by atoms with E-state index in [4.69, 9.17) is 5.73 Å². The summed E-state index contributed by atoms with van der Waals surface area (Å²) in [4.78, 5) is 12.5. The number of hydrogen-bond acceptors (Lipinski definition) is 5. The van der Waals surface area contributed by atoms with E-state index in [1.165, 1.54) is 18.1 Å².